The molecule has 1 heterocycles. The van der Waals surface area contributed by atoms with Gasteiger partial charge in [-0.25, -0.2) is 0 Å². The molecule has 0 aliphatic carbocycles. The summed E-state index contributed by atoms with van der Waals surface area (Å²) in [5.74, 6) is -0.389. The number of fused-ring (bicyclic) bond motifs is 1. The summed E-state index contributed by atoms with van der Waals surface area (Å²) in [6, 6.07) is 12.0. The molecule has 5 nitrogen and oxygen atoms in total. The van der Waals surface area contributed by atoms with Crippen molar-refractivity contribution in [3.63, 3.8) is 0 Å². The van der Waals surface area contributed by atoms with E-state index in [2.05, 4.69) is 24.1 Å². The lowest BCUT2D eigenvalue weighted by Gasteiger charge is -2.28. The first-order valence-electron chi connectivity index (χ1n) is 12.5. The third-order valence-corrected chi connectivity index (χ3v) is 7.00. The topological polar surface area (TPSA) is 65.2 Å². The van der Waals surface area contributed by atoms with Crippen LogP contribution in [0.4, 0.5) is 0 Å². The van der Waals surface area contributed by atoms with Crippen LogP contribution in [-0.4, -0.2) is 40.8 Å². The Hall–Kier alpha value is -2.50. The number of unbranched alkanes of at least 4 members (excludes halogenated alkanes) is 4. The third kappa shape index (κ3) is 7.49. The molecule has 0 fully saturated rings. The van der Waals surface area contributed by atoms with Crippen LogP contribution in [0.2, 0.25) is 10.0 Å². The lowest BCUT2D eigenvalue weighted by Crippen LogP contribution is -2.50. The monoisotopic (exact) mass is 515 g/mol. The number of aromatic nitrogens is 1. The molecule has 3 rings (SSSR count). The van der Waals surface area contributed by atoms with Crippen LogP contribution in [0.3, 0.4) is 0 Å². The number of hydrogen-bond acceptors (Lipinski definition) is 2. The van der Waals surface area contributed by atoms with Crippen molar-refractivity contribution in [2.45, 2.75) is 64.8 Å². The first-order valence-corrected chi connectivity index (χ1v) is 13.3. The second kappa shape index (κ2) is 13.6. The fourth-order valence-corrected chi connectivity index (χ4v) is 4.56. The molecule has 7 heteroatoms. The number of carbonyl (C=O) groups excluding carboxylic acids is 2. The molecule has 1 aromatic heterocycles. The lowest BCUT2D eigenvalue weighted by atomic mass is 10.0. The van der Waals surface area contributed by atoms with Crippen LogP contribution in [0, 0.1) is 0 Å². The zero-order valence-corrected chi connectivity index (χ0v) is 22.1. The van der Waals surface area contributed by atoms with Gasteiger partial charge >= 0.3 is 0 Å². The van der Waals surface area contributed by atoms with E-state index in [-0.39, 0.29) is 11.8 Å². The highest BCUT2D eigenvalue weighted by Crippen LogP contribution is 2.23. The summed E-state index contributed by atoms with van der Waals surface area (Å²) < 4.78 is 0. The molecule has 0 spiro atoms. The van der Waals surface area contributed by atoms with E-state index in [1.54, 1.807) is 12.1 Å². The van der Waals surface area contributed by atoms with Gasteiger partial charge in [0, 0.05) is 42.2 Å². The molecule has 2 aromatic carbocycles. The normalized spacial score (nSPS) is 12.0. The van der Waals surface area contributed by atoms with Gasteiger partial charge in [-0.3, -0.25) is 9.59 Å². The van der Waals surface area contributed by atoms with Gasteiger partial charge in [-0.1, -0.05) is 80.9 Å². The van der Waals surface area contributed by atoms with E-state index < -0.39 is 6.04 Å². The summed E-state index contributed by atoms with van der Waals surface area (Å²) in [6.45, 7) is 5.70. The van der Waals surface area contributed by atoms with Crippen LogP contribution in [0.15, 0.2) is 48.7 Å². The molecule has 2 amide bonds. The number of carbonyl (C=O) groups is 2. The van der Waals surface area contributed by atoms with Gasteiger partial charge in [0.2, 0.25) is 5.91 Å². The standard InChI is InChI=1S/C28H35Cl2N3O2/c1-3-5-9-15-33(16-10-6-4-2)28(35)26(18-21-19-31-25-12-8-7-11-22(21)25)32-27(34)20-13-14-23(29)24(30)17-20/h7-8,11-14,17,19,26,31H,3-6,9-10,15-16,18H2,1-2H3,(H,32,34). The zero-order valence-electron chi connectivity index (χ0n) is 20.6. The Bertz CT molecular complexity index is 1120. The van der Waals surface area contributed by atoms with Gasteiger partial charge in [0.05, 0.1) is 10.0 Å². The van der Waals surface area contributed by atoms with Crippen molar-refractivity contribution in [1.29, 1.82) is 0 Å². The summed E-state index contributed by atoms with van der Waals surface area (Å²) in [5.41, 5.74) is 2.38. The summed E-state index contributed by atoms with van der Waals surface area (Å²) in [4.78, 5) is 32.2. The Morgan fingerprint density at radius 3 is 2.29 bits per heavy atom. The van der Waals surface area contributed by atoms with Crippen molar-refractivity contribution >= 4 is 45.9 Å². The molecule has 1 atom stereocenters. The predicted octanol–water partition coefficient (Wildman–Crippen LogP) is 7.02. The SMILES string of the molecule is CCCCCN(CCCCC)C(=O)C(Cc1c[nH]c2ccccc12)NC(=O)c1ccc(Cl)c(Cl)c1. The van der Waals surface area contributed by atoms with Crippen LogP contribution >= 0.6 is 23.2 Å². The first kappa shape index (κ1) is 27.1. The lowest BCUT2D eigenvalue weighted by molar-refractivity contribution is -0.133. The molecular formula is C28H35Cl2N3O2. The number of halogens is 2. The average Bonchev–Trinajstić information content (AvgIpc) is 3.27. The molecule has 0 aliphatic heterocycles. The predicted molar refractivity (Wildman–Crippen MR) is 145 cm³/mol. The van der Waals surface area contributed by atoms with Crippen molar-refractivity contribution in [3.05, 3.63) is 69.8 Å². The molecular weight excluding hydrogens is 481 g/mol. The molecule has 2 N–H and O–H groups in total. The van der Waals surface area contributed by atoms with E-state index in [4.69, 9.17) is 23.2 Å². The molecule has 0 saturated carbocycles. The van der Waals surface area contributed by atoms with E-state index >= 15 is 0 Å². The minimum atomic E-state index is -0.695. The van der Waals surface area contributed by atoms with Crippen molar-refractivity contribution in [2.75, 3.05) is 13.1 Å². The smallest absolute Gasteiger partial charge is 0.251 e. The van der Waals surface area contributed by atoms with Crippen LogP contribution in [0.25, 0.3) is 10.9 Å². The molecule has 0 saturated heterocycles. The highest BCUT2D eigenvalue weighted by atomic mass is 35.5. The third-order valence-electron chi connectivity index (χ3n) is 6.26. The Kier molecular flexibility index (Phi) is 10.5. The molecule has 0 bridgehead atoms. The van der Waals surface area contributed by atoms with E-state index in [1.807, 2.05) is 35.4 Å². The van der Waals surface area contributed by atoms with Gasteiger partial charge in [-0.2, -0.15) is 0 Å². The summed E-state index contributed by atoms with van der Waals surface area (Å²) in [6.07, 6.45) is 8.54. The van der Waals surface area contributed by atoms with E-state index in [0.717, 1.165) is 55.0 Å². The number of nitrogens with zero attached hydrogens (tertiary/aromatic N) is 1. The number of hydrogen-bond donors (Lipinski definition) is 2. The van der Waals surface area contributed by atoms with Crippen LogP contribution in [-0.2, 0) is 11.2 Å². The van der Waals surface area contributed by atoms with Gasteiger partial charge in [-0.05, 0) is 42.7 Å². The summed E-state index contributed by atoms with van der Waals surface area (Å²) in [7, 11) is 0. The molecule has 35 heavy (non-hydrogen) atoms. The number of amides is 2. The second-order valence-corrected chi connectivity index (χ2v) is 9.77. The highest BCUT2D eigenvalue weighted by Gasteiger charge is 2.27. The van der Waals surface area contributed by atoms with Gasteiger partial charge in [0.25, 0.3) is 5.91 Å². The first-order chi connectivity index (χ1) is 16.9. The molecule has 188 valence electrons. The maximum absolute atomic E-state index is 13.8. The minimum Gasteiger partial charge on any atom is -0.361 e. The summed E-state index contributed by atoms with van der Waals surface area (Å²) >= 11 is 12.2. The number of H-pyrrole nitrogens is 1. The van der Waals surface area contributed by atoms with Gasteiger partial charge in [0.15, 0.2) is 0 Å². The van der Waals surface area contributed by atoms with Crippen molar-refractivity contribution in [3.8, 4) is 0 Å². The van der Waals surface area contributed by atoms with Crippen molar-refractivity contribution in [1.82, 2.24) is 15.2 Å². The molecule has 1 unspecified atom stereocenters. The fraction of sp³-hybridized carbons (Fsp3) is 0.429. The summed E-state index contributed by atoms with van der Waals surface area (Å²) in [5, 5.41) is 4.74. The number of nitrogens with one attached hydrogen (secondary N) is 2. The van der Waals surface area contributed by atoms with E-state index in [0.29, 0.717) is 35.1 Å². The zero-order chi connectivity index (χ0) is 25.2. The largest absolute Gasteiger partial charge is 0.361 e. The number of aromatic amines is 1. The Balaban J connectivity index is 1.87. The van der Waals surface area contributed by atoms with Crippen molar-refractivity contribution < 1.29 is 9.59 Å². The fourth-order valence-electron chi connectivity index (χ4n) is 4.26. The maximum atomic E-state index is 13.8. The van der Waals surface area contributed by atoms with Crippen LogP contribution in [0.5, 0.6) is 0 Å². The Morgan fingerprint density at radius 1 is 0.943 bits per heavy atom. The Morgan fingerprint density at radius 2 is 1.63 bits per heavy atom. The van der Waals surface area contributed by atoms with E-state index in [9.17, 15) is 9.59 Å². The quantitative estimate of drug-likeness (QED) is 0.240. The molecule has 0 radical (unpaired) electrons. The van der Waals surface area contributed by atoms with Crippen molar-refractivity contribution in [2.24, 2.45) is 0 Å². The van der Waals surface area contributed by atoms with E-state index in [1.165, 1.54) is 6.07 Å². The maximum Gasteiger partial charge on any atom is 0.251 e. The van der Waals surface area contributed by atoms with Gasteiger partial charge < -0.3 is 15.2 Å². The molecule has 3 aromatic rings. The Labute approximate surface area is 218 Å². The average molecular weight is 517 g/mol. The number of rotatable bonds is 13. The van der Waals surface area contributed by atoms with Gasteiger partial charge in [-0.15, -0.1) is 0 Å². The van der Waals surface area contributed by atoms with Gasteiger partial charge in [0.1, 0.15) is 6.04 Å². The highest BCUT2D eigenvalue weighted by molar-refractivity contribution is 6.42. The van der Waals surface area contributed by atoms with Crippen LogP contribution < -0.4 is 5.32 Å². The molecule has 0 aliphatic rings. The van der Waals surface area contributed by atoms with Crippen LogP contribution in [0.1, 0.15) is 68.3 Å². The number of benzene rings is 2. The number of para-hydroxylation sites is 1. The minimum absolute atomic E-state index is 0.0455. The second-order valence-electron chi connectivity index (χ2n) is 8.96.